The highest BCUT2D eigenvalue weighted by molar-refractivity contribution is 5.72. The van der Waals surface area contributed by atoms with Gasteiger partial charge in [-0.3, -0.25) is 4.79 Å². The van der Waals surface area contributed by atoms with Crippen LogP contribution in [0.3, 0.4) is 0 Å². The molecule has 1 aliphatic heterocycles. The molecule has 7 heteroatoms. The van der Waals surface area contributed by atoms with Crippen molar-refractivity contribution in [2.45, 2.75) is 18.7 Å². The highest BCUT2D eigenvalue weighted by atomic mass is 19.4. The number of fused-ring (bicyclic) bond motifs is 1. The van der Waals surface area contributed by atoms with E-state index in [2.05, 4.69) is 0 Å². The Balaban J connectivity index is 2.39. The van der Waals surface area contributed by atoms with Crippen molar-refractivity contribution in [1.29, 1.82) is 0 Å². The molecule has 0 bridgehead atoms. The van der Waals surface area contributed by atoms with Gasteiger partial charge in [0.05, 0.1) is 7.11 Å². The molecule has 0 aliphatic carbocycles. The van der Waals surface area contributed by atoms with Crippen LogP contribution in [0.25, 0.3) is 0 Å². The molecule has 0 unspecified atom stereocenters. The first-order valence-corrected chi connectivity index (χ1v) is 5.46. The van der Waals surface area contributed by atoms with E-state index in [1.54, 1.807) is 0 Å². The third-order valence-corrected chi connectivity index (χ3v) is 2.97. The van der Waals surface area contributed by atoms with Crippen molar-refractivity contribution >= 4 is 5.97 Å². The number of carboxylic acid groups (broad SMARTS) is 1. The number of hydrogen-bond acceptors (Lipinski definition) is 3. The van der Waals surface area contributed by atoms with Gasteiger partial charge in [-0.05, 0) is 30.2 Å². The molecule has 104 valence electrons. The zero-order chi connectivity index (χ0) is 14.2. The molecule has 19 heavy (non-hydrogen) atoms. The van der Waals surface area contributed by atoms with Gasteiger partial charge in [0, 0.05) is 0 Å². The molecule has 0 saturated carbocycles. The largest absolute Gasteiger partial charge is 0.497 e. The van der Waals surface area contributed by atoms with Crippen LogP contribution in [0, 0.1) is 5.92 Å². The molecule has 0 spiro atoms. The summed E-state index contributed by atoms with van der Waals surface area (Å²) in [4.78, 5) is 11.0. The smallest absolute Gasteiger partial charge is 0.426 e. The molecule has 0 fully saturated rings. The van der Waals surface area contributed by atoms with E-state index >= 15 is 0 Å². The maximum atomic E-state index is 12.8. The van der Waals surface area contributed by atoms with E-state index in [-0.39, 0.29) is 12.2 Å². The summed E-state index contributed by atoms with van der Waals surface area (Å²) in [6, 6.07) is 4.30. The summed E-state index contributed by atoms with van der Waals surface area (Å²) < 4.78 is 48.1. The first kappa shape index (κ1) is 13.5. The Morgan fingerprint density at radius 2 is 2.16 bits per heavy atom. The lowest BCUT2D eigenvalue weighted by Crippen LogP contribution is -2.47. The normalized spacial score (nSPS) is 22.3. The Morgan fingerprint density at radius 3 is 2.68 bits per heavy atom. The van der Waals surface area contributed by atoms with Crippen LogP contribution in [0.2, 0.25) is 0 Å². The Bertz CT molecular complexity index is 498. The second kappa shape index (κ2) is 4.64. The Hall–Kier alpha value is -1.92. The lowest BCUT2D eigenvalue weighted by molar-refractivity contribution is -0.217. The van der Waals surface area contributed by atoms with Crippen LogP contribution < -0.4 is 9.47 Å². The minimum atomic E-state index is -4.72. The van der Waals surface area contributed by atoms with E-state index in [9.17, 15) is 18.0 Å². The molecule has 0 amide bonds. The van der Waals surface area contributed by atoms with Crippen molar-refractivity contribution in [3.63, 3.8) is 0 Å². The summed E-state index contributed by atoms with van der Waals surface area (Å²) in [6.45, 7) is 0. The first-order valence-electron chi connectivity index (χ1n) is 5.46. The van der Waals surface area contributed by atoms with Crippen molar-refractivity contribution in [2.24, 2.45) is 5.92 Å². The van der Waals surface area contributed by atoms with Crippen LogP contribution in [0.4, 0.5) is 13.2 Å². The average Bonchev–Trinajstić information content (AvgIpc) is 2.35. The number of methoxy groups -OCH3 is 1. The lowest BCUT2D eigenvalue weighted by atomic mass is 9.90. The molecule has 4 nitrogen and oxygen atoms in total. The third-order valence-electron chi connectivity index (χ3n) is 2.97. The molecule has 1 N–H and O–H groups in total. The lowest BCUT2D eigenvalue weighted by Gasteiger charge is -2.32. The number of carbonyl (C=O) groups is 1. The van der Waals surface area contributed by atoms with Gasteiger partial charge in [-0.25, -0.2) is 0 Å². The van der Waals surface area contributed by atoms with Crippen LogP contribution >= 0.6 is 0 Å². The Morgan fingerprint density at radius 1 is 1.47 bits per heavy atom. The van der Waals surface area contributed by atoms with E-state index in [1.807, 2.05) is 0 Å². The van der Waals surface area contributed by atoms with Crippen LogP contribution in [-0.4, -0.2) is 30.5 Å². The molecule has 0 saturated heterocycles. The Labute approximate surface area is 106 Å². The molecule has 1 aromatic carbocycles. The molecule has 0 radical (unpaired) electrons. The summed E-state index contributed by atoms with van der Waals surface area (Å²) in [5.41, 5.74) is 0.396. The van der Waals surface area contributed by atoms with Crippen LogP contribution in [-0.2, 0) is 11.2 Å². The molecule has 2 rings (SSSR count). The molecule has 1 heterocycles. The molecule has 0 aromatic heterocycles. The van der Waals surface area contributed by atoms with Crippen molar-refractivity contribution in [2.75, 3.05) is 7.11 Å². The van der Waals surface area contributed by atoms with E-state index < -0.39 is 24.2 Å². The fourth-order valence-corrected chi connectivity index (χ4v) is 2.03. The number of ether oxygens (including phenoxy) is 2. The van der Waals surface area contributed by atoms with Crippen molar-refractivity contribution in [1.82, 2.24) is 0 Å². The van der Waals surface area contributed by atoms with E-state index in [4.69, 9.17) is 14.6 Å². The summed E-state index contributed by atoms with van der Waals surface area (Å²) in [5, 5.41) is 8.91. The van der Waals surface area contributed by atoms with Crippen molar-refractivity contribution in [3.8, 4) is 11.5 Å². The third kappa shape index (κ3) is 2.59. The minimum absolute atomic E-state index is 0.0422. The van der Waals surface area contributed by atoms with Crippen LogP contribution in [0.15, 0.2) is 18.2 Å². The summed E-state index contributed by atoms with van der Waals surface area (Å²) in [6.07, 6.45) is -7.29. The SMILES string of the molecule is COc1ccc2c(c1)C[C@H](C(=O)O)[C@@H](C(F)(F)F)O2. The van der Waals surface area contributed by atoms with Crippen molar-refractivity contribution in [3.05, 3.63) is 23.8 Å². The predicted molar refractivity (Wildman–Crippen MR) is 58.3 cm³/mol. The summed E-state index contributed by atoms with van der Waals surface area (Å²) in [5.74, 6) is -2.70. The Kier molecular flexibility index (Phi) is 3.30. The number of hydrogen-bond donors (Lipinski definition) is 1. The number of carboxylic acids is 1. The molecular formula is C12H11F3O4. The second-order valence-corrected chi connectivity index (χ2v) is 4.20. The van der Waals surface area contributed by atoms with E-state index in [0.29, 0.717) is 11.3 Å². The zero-order valence-corrected chi connectivity index (χ0v) is 9.90. The highest BCUT2D eigenvalue weighted by Crippen LogP contribution is 2.39. The minimum Gasteiger partial charge on any atom is -0.497 e. The van der Waals surface area contributed by atoms with Gasteiger partial charge in [0.2, 0.25) is 6.10 Å². The summed E-state index contributed by atoms with van der Waals surface area (Å²) >= 11 is 0. The van der Waals surface area contributed by atoms with Gasteiger partial charge in [-0.1, -0.05) is 0 Å². The van der Waals surface area contributed by atoms with Gasteiger partial charge in [0.1, 0.15) is 17.4 Å². The van der Waals surface area contributed by atoms with Crippen LogP contribution in [0.1, 0.15) is 5.56 Å². The topological polar surface area (TPSA) is 55.8 Å². The molecule has 2 atom stereocenters. The molecule has 1 aliphatic rings. The van der Waals surface area contributed by atoms with Gasteiger partial charge in [-0.15, -0.1) is 0 Å². The van der Waals surface area contributed by atoms with Crippen molar-refractivity contribution < 1.29 is 32.5 Å². The summed E-state index contributed by atoms with van der Waals surface area (Å²) in [7, 11) is 1.42. The van der Waals surface area contributed by atoms with E-state index in [1.165, 1.54) is 25.3 Å². The number of alkyl halides is 3. The predicted octanol–water partition coefficient (Wildman–Crippen LogP) is 2.26. The molecular weight excluding hydrogens is 265 g/mol. The fourth-order valence-electron chi connectivity index (χ4n) is 2.03. The average molecular weight is 276 g/mol. The fraction of sp³-hybridized carbons (Fsp3) is 0.417. The van der Waals surface area contributed by atoms with Gasteiger partial charge in [-0.2, -0.15) is 13.2 Å². The zero-order valence-electron chi connectivity index (χ0n) is 9.90. The number of halogens is 3. The maximum absolute atomic E-state index is 12.8. The van der Waals surface area contributed by atoms with Gasteiger partial charge < -0.3 is 14.6 Å². The molecule has 1 aromatic rings. The standard InChI is InChI=1S/C12H11F3O4/c1-18-7-2-3-9-6(4-7)5-8(11(16)17)10(19-9)12(13,14)15/h2-4,8,10H,5H2,1H3,(H,16,17)/t8-,10-/m0/s1. The van der Waals surface area contributed by atoms with Gasteiger partial charge in [0.15, 0.2) is 0 Å². The monoisotopic (exact) mass is 276 g/mol. The first-order chi connectivity index (χ1) is 8.82. The van der Waals surface area contributed by atoms with Gasteiger partial charge >= 0.3 is 12.1 Å². The number of aliphatic carboxylic acids is 1. The number of benzene rings is 1. The van der Waals surface area contributed by atoms with Crippen LogP contribution in [0.5, 0.6) is 11.5 Å². The highest BCUT2D eigenvalue weighted by Gasteiger charge is 2.52. The maximum Gasteiger partial charge on any atom is 0.426 e. The quantitative estimate of drug-likeness (QED) is 0.900. The second-order valence-electron chi connectivity index (χ2n) is 4.20. The van der Waals surface area contributed by atoms with E-state index in [0.717, 1.165) is 0 Å². The number of rotatable bonds is 2. The van der Waals surface area contributed by atoms with Gasteiger partial charge in [0.25, 0.3) is 0 Å².